The Labute approximate surface area is 202 Å². The number of nitrogens with zero attached hydrogens (tertiary/aromatic N) is 2. The Hall–Kier alpha value is -1.69. The summed E-state index contributed by atoms with van der Waals surface area (Å²) < 4.78 is 27.2. The Bertz CT molecular complexity index is 904. The summed E-state index contributed by atoms with van der Waals surface area (Å²) in [7, 11) is -1.78. The molecule has 3 rings (SSSR count). The minimum absolute atomic E-state index is 0. The number of hydrogen-bond acceptors (Lipinski definition) is 4. The third kappa shape index (κ3) is 7.74. The third-order valence-electron chi connectivity index (χ3n) is 5.22. The normalized spacial score (nSPS) is 15.8. The molecule has 2 aromatic rings. The van der Waals surface area contributed by atoms with Crippen LogP contribution in [0.15, 0.2) is 70.6 Å². The largest absolute Gasteiger partial charge is 0.355 e. The second-order valence-corrected chi connectivity index (χ2v) is 9.03. The molecule has 0 aromatic heterocycles. The molecule has 0 radical (unpaired) electrons. The maximum Gasteiger partial charge on any atom is 0.240 e. The van der Waals surface area contributed by atoms with E-state index in [4.69, 9.17) is 0 Å². The van der Waals surface area contributed by atoms with Gasteiger partial charge in [-0.05, 0) is 43.6 Å². The first-order chi connectivity index (χ1) is 14.6. The highest BCUT2D eigenvalue weighted by molar-refractivity contribution is 14.0. The van der Waals surface area contributed by atoms with E-state index in [1.165, 1.54) is 18.4 Å². The summed E-state index contributed by atoms with van der Waals surface area (Å²) in [4.78, 5) is 7.04. The highest BCUT2D eigenvalue weighted by Gasteiger charge is 2.23. The Kier molecular flexibility index (Phi) is 10.7. The molecule has 1 aliphatic rings. The number of guanidine groups is 1. The van der Waals surface area contributed by atoms with Gasteiger partial charge < -0.3 is 10.6 Å². The highest BCUT2D eigenvalue weighted by Crippen LogP contribution is 2.24. The summed E-state index contributed by atoms with van der Waals surface area (Å²) in [5.74, 6) is 0.661. The maximum atomic E-state index is 12.3. The molecule has 9 heteroatoms. The fraction of sp³-hybridized carbons (Fsp3) is 0.409. The monoisotopic (exact) mass is 557 g/mol. The molecule has 0 aliphatic carbocycles. The van der Waals surface area contributed by atoms with Gasteiger partial charge in [0.2, 0.25) is 10.0 Å². The molecule has 0 bridgehead atoms. The predicted molar refractivity (Wildman–Crippen MR) is 136 cm³/mol. The second kappa shape index (κ2) is 13.0. The molecule has 170 valence electrons. The van der Waals surface area contributed by atoms with Crippen LogP contribution < -0.4 is 15.4 Å². The molecule has 0 saturated carbocycles. The van der Waals surface area contributed by atoms with Crippen molar-refractivity contribution < 1.29 is 8.42 Å². The van der Waals surface area contributed by atoms with Crippen LogP contribution in [0.4, 0.5) is 0 Å². The van der Waals surface area contributed by atoms with Gasteiger partial charge in [0.25, 0.3) is 0 Å². The second-order valence-electron chi connectivity index (χ2n) is 7.26. The first kappa shape index (κ1) is 25.6. The number of hydrogen-bond donors (Lipinski definition) is 3. The quantitative estimate of drug-likeness (QED) is 0.191. The zero-order chi connectivity index (χ0) is 21.2. The number of likely N-dealkylation sites (tertiary alicyclic amines) is 1. The van der Waals surface area contributed by atoms with Crippen LogP contribution in [0.25, 0.3) is 0 Å². The molecule has 31 heavy (non-hydrogen) atoms. The summed E-state index contributed by atoms with van der Waals surface area (Å²) in [6, 6.07) is 19.2. The van der Waals surface area contributed by atoms with E-state index >= 15 is 0 Å². The van der Waals surface area contributed by atoms with Gasteiger partial charge in [0.15, 0.2) is 5.96 Å². The summed E-state index contributed by atoms with van der Waals surface area (Å²) in [6.45, 7) is 3.65. The SMILES string of the molecule is CN=C(NCCNS(=O)(=O)c1ccccc1)NCC(c1ccccc1)N1CCCC1.I. The molecular weight excluding hydrogens is 525 g/mol. The van der Waals surface area contributed by atoms with Crippen LogP contribution in [0.1, 0.15) is 24.4 Å². The molecule has 1 atom stereocenters. The van der Waals surface area contributed by atoms with Crippen molar-refractivity contribution >= 4 is 40.0 Å². The molecule has 0 amide bonds. The average Bonchev–Trinajstić information content (AvgIpc) is 3.31. The van der Waals surface area contributed by atoms with Gasteiger partial charge in [-0.25, -0.2) is 13.1 Å². The van der Waals surface area contributed by atoms with E-state index < -0.39 is 10.0 Å². The molecule has 3 N–H and O–H groups in total. The lowest BCUT2D eigenvalue weighted by atomic mass is 10.1. The molecule has 1 saturated heterocycles. The Morgan fingerprint density at radius 3 is 2.19 bits per heavy atom. The smallest absolute Gasteiger partial charge is 0.240 e. The van der Waals surface area contributed by atoms with Gasteiger partial charge in [-0.1, -0.05) is 48.5 Å². The summed E-state index contributed by atoms with van der Waals surface area (Å²) in [5.41, 5.74) is 1.29. The Balaban J connectivity index is 0.00000341. The minimum Gasteiger partial charge on any atom is -0.355 e. The molecule has 1 fully saturated rings. The zero-order valence-electron chi connectivity index (χ0n) is 17.8. The van der Waals surface area contributed by atoms with Crippen molar-refractivity contribution in [3.05, 3.63) is 66.2 Å². The van der Waals surface area contributed by atoms with Crippen LogP contribution in [0.3, 0.4) is 0 Å². The fourth-order valence-electron chi connectivity index (χ4n) is 3.65. The number of benzene rings is 2. The number of rotatable bonds is 9. The maximum absolute atomic E-state index is 12.3. The van der Waals surface area contributed by atoms with Gasteiger partial charge >= 0.3 is 0 Å². The van der Waals surface area contributed by atoms with E-state index in [2.05, 4.69) is 49.5 Å². The van der Waals surface area contributed by atoms with Crippen LogP contribution >= 0.6 is 24.0 Å². The molecule has 1 heterocycles. The standard InChI is InChI=1S/C22H31N5O2S.HI/c1-23-22(24-14-15-26-30(28,29)20-12-6-3-7-13-20)25-18-21(27-16-8-9-17-27)19-10-4-2-5-11-19;/h2-7,10-13,21,26H,8-9,14-18H2,1H3,(H2,23,24,25);1H. The van der Waals surface area contributed by atoms with Crippen molar-refractivity contribution in [1.29, 1.82) is 0 Å². The molecule has 7 nitrogen and oxygen atoms in total. The van der Waals surface area contributed by atoms with Crippen molar-refractivity contribution in [3.63, 3.8) is 0 Å². The third-order valence-corrected chi connectivity index (χ3v) is 6.69. The fourth-order valence-corrected chi connectivity index (χ4v) is 4.70. The highest BCUT2D eigenvalue weighted by atomic mass is 127. The van der Waals surface area contributed by atoms with E-state index in [-0.39, 0.29) is 41.5 Å². The van der Waals surface area contributed by atoms with Crippen molar-refractivity contribution in [3.8, 4) is 0 Å². The average molecular weight is 558 g/mol. The lowest BCUT2D eigenvalue weighted by Gasteiger charge is -2.29. The van der Waals surface area contributed by atoms with E-state index in [9.17, 15) is 8.42 Å². The summed E-state index contributed by atoms with van der Waals surface area (Å²) >= 11 is 0. The van der Waals surface area contributed by atoms with Crippen molar-refractivity contribution in [2.24, 2.45) is 4.99 Å². The van der Waals surface area contributed by atoms with E-state index in [0.717, 1.165) is 19.6 Å². The number of nitrogens with one attached hydrogen (secondary N) is 3. The van der Waals surface area contributed by atoms with Gasteiger partial charge in [0, 0.05) is 26.7 Å². The van der Waals surface area contributed by atoms with Gasteiger partial charge in [-0.15, -0.1) is 24.0 Å². The predicted octanol–water partition coefficient (Wildman–Crippen LogP) is 2.59. The van der Waals surface area contributed by atoms with Gasteiger partial charge in [0.1, 0.15) is 0 Å². The van der Waals surface area contributed by atoms with Crippen molar-refractivity contribution in [1.82, 2.24) is 20.3 Å². The van der Waals surface area contributed by atoms with Crippen LogP contribution in [0, 0.1) is 0 Å². The van der Waals surface area contributed by atoms with Crippen LogP contribution in [0.5, 0.6) is 0 Å². The van der Waals surface area contributed by atoms with Gasteiger partial charge in [-0.3, -0.25) is 9.89 Å². The summed E-state index contributed by atoms with van der Waals surface area (Å²) in [6.07, 6.45) is 2.47. The van der Waals surface area contributed by atoms with E-state index in [0.29, 0.717) is 12.5 Å². The summed E-state index contributed by atoms with van der Waals surface area (Å²) in [5, 5.41) is 6.58. The first-order valence-electron chi connectivity index (χ1n) is 10.4. The van der Waals surface area contributed by atoms with Crippen LogP contribution in [-0.2, 0) is 10.0 Å². The number of aliphatic imine (C=N–C) groups is 1. The lowest BCUT2D eigenvalue weighted by molar-refractivity contribution is 0.245. The molecular formula is C22H32IN5O2S. The van der Waals surface area contributed by atoms with E-state index in [1.807, 2.05) is 6.07 Å². The van der Waals surface area contributed by atoms with Gasteiger partial charge in [-0.2, -0.15) is 0 Å². The van der Waals surface area contributed by atoms with Crippen LogP contribution in [0.2, 0.25) is 0 Å². The molecule has 0 spiro atoms. The first-order valence-corrected chi connectivity index (χ1v) is 11.9. The topological polar surface area (TPSA) is 85.8 Å². The minimum atomic E-state index is -3.49. The van der Waals surface area contributed by atoms with E-state index in [1.54, 1.807) is 37.4 Å². The molecule has 1 aliphatic heterocycles. The van der Waals surface area contributed by atoms with Crippen LogP contribution in [-0.4, -0.2) is 59.0 Å². The van der Waals surface area contributed by atoms with Gasteiger partial charge in [0.05, 0.1) is 10.9 Å². The number of halogens is 1. The molecule has 1 unspecified atom stereocenters. The Morgan fingerprint density at radius 1 is 0.968 bits per heavy atom. The van der Waals surface area contributed by atoms with Crippen molar-refractivity contribution in [2.75, 3.05) is 39.8 Å². The van der Waals surface area contributed by atoms with Crippen molar-refractivity contribution in [2.45, 2.75) is 23.8 Å². The lowest BCUT2D eigenvalue weighted by Crippen LogP contribution is -2.44. The number of sulfonamides is 1. The molecule has 2 aromatic carbocycles. The zero-order valence-corrected chi connectivity index (χ0v) is 21.0. The Morgan fingerprint density at radius 2 is 1.58 bits per heavy atom.